The Morgan fingerprint density at radius 2 is 2.41 bits per heavy atom. The molecule has 1 aliphatic heterocycles. The summed E-state index contributed by atoms with van der Waals surface area (Å²) < 4.78 is 0. The Morgan fingerprint density at radius 3 is 3.24 bits per heavy atom. The first-order valence-corrected chi connectivity index (χ1v) is 5.84. The van der Waals surface area contributed by atoms with Crippen molar-refractivity contribution < 1.29 is 4.92 Å². The highest BCUT2D eigenvalue weighted by Gasteiger charge is 2.18. The topological polar surface area (TPSA) is 80.1 Å². The van der Waals surface area contributed by atoms with Crippen LogP contribution < -0.4 is 10.6 Å². The zero-order valence-corrected chi connectivity index (χ0v) is 9.56. The molecule has 2 heterocycles. The Bertz CT molecular complexity index is 389. The molecular formula is C11H16N4O2. The molecule has 0 aromatic carbocycles. The van der Waals surface area contributed by atoms with Crippen LogP contribution in [0.2, 0.25) is 0 Å². The zero-order chi connectivity index (χ0) is 12.1. The summed E-state index contributed by atoms with van der Waals surface area (Å²) in [5, 5.41) is 17.3. The van der Waals surface area contributed by atoms with E-state index in [1.165, 1.54) is 6.07 Å². The van der Waals surface area contributed by atoms with Gasteiger partial charge in [0.1, 0.15) is 0 Å². The second kappa shape index (κ2) is 5.58. The predicted octanol–water partition coefficient (Wildman–Crippen LogP) is 1.54. The number of aromatic nitrogens is 1. The average molecular weight is 236 g/mol. The summed E-state index contributed by atoms with van der Waals surface area (Å²) in [5.41, 5.74) is 0.0387. The minimum atomic E-state index is -0.403. The number of hydrogen-bond donors (Lipinski definition) is 2. The van der Waals surface area contributed by atoms with Gasteiger partial charge in [-0.15, -0.1) is 0 Å². The van der Waals surface area contributed by atoms with Gasteiger partial charge in [-0.1, -0.05) is 6.42 Å². The number of pyridine rings is 1. The van der Waals surface area contributed by atoms with Gasteiger partial charge in [0.05, 0.1) is 4.92 Å². The number of nitrogens with one attached hydrogen (secondary N) is 2. The van der Waals surface area contributed by atoms with E-state index in [1.54, 1.807) is 12.3 Å². The van der Waals surface area contributed by atoms with E-state index in [4.69, 9.17) is 0 Å². The summed E-state index contributed by atoms with van der Waals surface area (Å²) in [7, 11) is 0. The zero-order valence-electron chi connectivity index (χ0n) is 9.56. The van der Waals surface area contributed by atoms with E-state index in [9.17, 15) is 10.1 Å². The second-order valence-electron chi connectivity index (χ2n) is 4.17. The highest BCUT2D eigenvalue weighted by Crippen LogP contribution is 2.22. The van der Waals surface area contributed by atoms with Crippen molar-refractivity contribution in [2.24, 2.45) is 0 Å². The Morgan fingerprint density at radius 1 is 1.53 bits per heavy atom. The summed E-state index contributed by atoms with van der Waals surface area (Å²) >= 11 is 0. The number of rotatable bonds is 3. The van der Waals surface area contributed by atoms with Crippen LogP contribution >= 0.6 is 0 Å². The maximum absolute atomic E-state index is 10.8. The number of nitro groups is 1. The van der Waals surface area contributed by atoms with Crippen LogP contribution in [-0.2, 0) is 0 Å². The first kappa shape index (κ1) is 11.8. The molecule has 1 saturated heterocycles. The van der Waals surface area contributed by atoms with Gasteiger partial charge in [0, 0.05) is 24.8 Å². The van der Waals surface area contributed by atoms with E-state index in [0.717, 1.165) is 32.4 Å². The Labute approximate surface area is 99.6 Å². The van der Waals surface area contributed by atoms with Crippen LogP contribution in [0, 0.1) is 10.1 Å². The van der Waals surface area contributed by atoms with Gasteiger partial charge >= 0.3 is 5.69 Å². The highest BCUT2D eigenvalue weighted by molar-refractivity contribution is 5.55. The molecule has 0 amide bonds. The number of anilines is 1. The fourth-order valence-corrected chi connectivity index (χ4v) is 1.99. The number of nitrogens with zero attached hydrogens (tertiary/aromatic N) is 2. The van der Waals surface area contributed by atoms with Crippen molar-refractivity contribution in [3.05, 3.63) is 28.4 Å². The molecule has 1 aliphatic rings. The fraction of sp³-hybridized carbons (Fsp3) is 0.545. The van der Waals surface area contributed by atoms with Gasteiger partial charge in [-0.2, -0.15) is 0 Å². The van der Waals surface area contributed by atoms with Gasteiger partial charge in [-0.05, 0) is 25.5 Å². The van der Waals surface area contributed by atoms with E-state index in [2.05, 4.69) is 15.6 Å². The summed E-state index contributed by atoms with van der Waals surface area (Å²) in [4.78, 5) is 14.5. The van der Waals surface area contributed by atoms with Gasteiger partial charge in [-0.25, -0.2) is 4.98 Å². The third kappa shape index (κ3) is 3.13. The smallest absolute Gasteiger partial charge is 0.311 e. The van der Waals surface area contributed by atoms with E-state index in [1.807, 2.05) is 0 Å². The van der Waals surface area contributed by atoms with E-state index in [-0.39, 0.29) is 11.7 Å². The van der Waals surface area contributed by atoms with E-state index in [0.29, 0.717) is 5.82 Å². The molecule has 1 fully saturated rings. The maximum atomic E-state index is 10.8. The molecule has 0 bridgehead atoms. The molecule has 2 rings (SSSR count). The molecule has 0 saturated carbocycles. The molecule has 1 aromatic heterocycles. The average Bonchev–Trinajstić information content (AvgIpc) is 2.58. The molecule has 6 heteroatoms. The van der Waals surface area contributed by atoms with Crippen LogP contribution in [0.5, 0.6) is 0 Å². The molecule has 0 radical (unpaired) electrons. The largest absolute Gasteiger partial charge is 0.360 e. The SMILES string of the molecule is O=[N+]([O-])c1cccnc1NC1CCCCNC1. The third-order valence-corrected chi connectivity index (χ3v) is 2.87. The van der Waals surface area contributed by atoms with Crippen LogP contribution in [0.3, 0.4) is 0 Å². The van der Waals surface area contributed by atoms with Crippen LogP contribution in [0.25, 0.3) is 0 Å². The Hall–Kier alpha value is -1.69. The van der Waals surface area contributed by atoms with Gasteiger partial charge in [0.15, 0.2) is 0 Å². The van der Waals surface area contributed by atoms with Crippen LogP contribution in [0.15, 0.2) is 18.3 Å². The van der Waals surface area contributed by atoms with Gasteiger partial charge in [-0.3, -0.25) is 10.1 Å². The number of hydrogen-bond acceptors (Lipinski definition) is 5. The van der Waals surface area contributed by atoms with Gasteiger partial charge < -0.3 is 10.6 Å². The second-order valence-corrected chi connectivity index (χ2v) is 4.17. The first-order valence-electron chi connectivity index (χ1n) is 5.84. The quantitative estimate of drug-likeness (QED) is 0.614. The molecule has 1 aromatic rings. The molecule has 1 atom stereocenters. The van der Waals surface area contributed by atoms with Crippen molar-refractivity contribution in [3.63, 3.8) is 0 Å². The molecular weight excluding hydrogens is 220 g/mol. The molecule has 2 N–H and O–H groups in total. The van der Waals surface area contributed by atoms with Crippen LogP contribution in [0.4, 0.5) is 11.5 Å². The fourth-order valence-electron chi connectivity index (χ4n) is 1.99. The predicted molar refractivity (Wildman–Crippen MR) is 65.0 cm³/mol. The van der Waals surface area contributed by atoms with Crippen molar-refractivity contribution in [1.29, 1.82) is 0 Å². The van der Waals surface area contributed by atoms with Gasteiger partial charge in [0.2, 0.25) is 5.82 Å². The molecule has 0 spiro atoms. The lowest BCUT2D eigenvalue weighted by Gasteiger charge is -2.16. The standard InChI is InChI=1S/C11H16N4O2/c16-15(17)10-5-3-7-13-11(10)14-9-4-1-2-6-12-8-9/h3,5,7,9,12H,1-2,4,6,8H2,(H,13,14). The maximum Gasteiger partial charge on any atom is 0.311 e. The first-order chi connectivity index (χ1) is 8.27. The van der Waals surface area contributed by atoms with Crippen LogP contribution in [0.1, 0.15) is 19.3 Å². The normalized spacial score (nSPS) is 20.6. The summed E-state index contributed by atoms with van der Waals surface area (Å²) in [6.07, 6.45) is 4.87. The molecule has 92 valence electrons. The monoisotopic (exact) mass is 236 g/mol. The minimum Gasteiger partial charge on any atom is -0.360 e. The van der Waals surface area contributed by atoms with Crippen molar-refractivity contribution in [2.45, 2.75) is 25.3 Å². The lowest BCUT2D eigenvalue weighted by molar-refractivity contribution is -0.384. The minimum absolute atomic E-state index is 0.0387. The summed E-state index contributed by atoms with van der Waals surface area (Å²) in [6, 6.07) is 3.26. The Balaban J connectivity index is 2.09. The molecule has 1 unspecified atom stereocenters. The molecule has 0 aliphatic carbocycles. The van der Waals surface area contributed by atoms with Crippen molar-refractivity contribution in [1.82, 2.24) is 10.3 Å². The van der Waals surface area contributed by atoms with Crippen molar-refractivity contribution in [3.8, 4) is 0 Å². The van der Waals surface area contributed by atoms with E-state index < -0.39 is 4.92 Å². The summed E-state index contributed by atoms with van der Waals surface area (Å²) in [6.45, 7) is 1.84. The van der Waals surface area contributed by atoms with Crippen molar-refractivity contribution in [2.75, 3.05) is 18.4 Å². The van der Waals surface area contributed by atoms with Gasteiger partial charge in [0.25, 0.3) is 0 Å². The lowest BCUT2D eigenvalue weighted by Crippen LogP contribution is -2.31. The molecule has 6 nitrogen and oxygen atoms in total. The lowest BCUT2D eigenvalue weighted by atomic mass is 10.1. The highest BCUT2D eigenvalue weighted by atomic mass is 16.6. The van der Waals surface area contributed by atoms with Crippen molar-refractivity contribution >= 4 is 11.5 Å². The third-order valence-electron chi connectivity index (χ3n) is 2.87. The van der Waals surface area contributed by atoms with E-state index >= 15 is 0 Å². The molecule has 17 heavy (non-hydrogen) atoms. The van der Waals surface area contributed by atoms with Crippen LogP contribution in [-0.4, -0.2) is 29.0 Å². The summed E-state index contributed by atoms with van der Waals surface area (Å²) in [5.74, 6) is 0.367. The Kier molecular flexibility index (Phi) is 3.87.